The summed E-state index contributed by atoms with van der Waals surface area (Å²) >= 11 is 7.40. The molecule has 2 aromatic heterocycles. The molecule has 0 spiro atoms. The molecule has 0 amide bonds. The third-order valence-electron chi connectivity index (χ3n) is 1.87. The zero-order chi connectivity index (χ0) is 10.3. The predicted molar refractivity (Wildman–Crippen MR) is 56.3 cm³/mol. The third kappa shape index (κ3) is 1.36. The van der Waals surface area contributed by atoms with Gasteiger partial charge in [-0.15, -0.1) is 11.3 Å². The third-order valence-corrected chi connectivity index (χ3v) is 3.40. The number of aromatic nitrogens is 1. The van der Waals surface area contributed by atoms with Gasteiger partial charge in [0.2, 0.25) is 0 Å². The molecule has 2 heterocycles. The molecule has 2 aromatic rings. The van der Waals surface area contributed by atoms with Crippen molar-refractivity contribution in [2.75, 3.05) is 0 Å². The number of carboxylic acid groups (broad SMARTS) is 1. The van der Waals surface area contributed by atoms with Crippen molar-refractivity contribution < 1.29 is 9.90 Å². The van der Waals surface area contributed by atoms with Gasteiger partial charge in [-0.3, -0.25) is 0 Å². The van der Waals surface area contributed by atoms with Gasteiger partial charge < -0.3 is 5.11 Å². The number of aromatic carboxylic acids is 1. The average Bonchev–Trinajstić information content (AvgIpc) is 2.48. The van der Waals surface area contributed by atoms with Crippen molar-refractivity contribution in [1.29, 1.82) is 0 Å². The lowest BCUT2D eigenvalue weighted by Gasteiger charge is -1.97. The number of nitrogens with zero attached hydrogens (tertiary/aromatic N) is 1. The Bertz CT molecular complexity index is 521. The molecule has 2 rings (SSSR count). The van der Waals surface area contributed by atoms with Crippen LogP contribution in [0.25, 0.3) is 10.2 Å². The Labute approximate surface area is 89.0 Å². The van der Waals surface area contributed by atoms with Gasteiger partial charge in [0.15, 0.2) is 0 Å². The molecule has 0 saturated carbocycles. The van der Waals surface area contributed by atoms with Crippen LogP contribution in [-0.2, 0) is 0 Å². The summed E-state index contributed by atoms with van der Waals surface area (Å²) in [5.41, 5.74) is 1.62. The molecule has 1 N–H and O–H groups in total. The minimum Gasteiger partial charge on any atom is -0.477 e. The fraction of sp³-hybridized carbons (Fsp3) is 0.111. The summed E-state index contributed by atoms with van der Waals surface area (Å²) in [5.74, 6) is -1.06. The number of halogens is 1. The van der Waals surface area contributed by atoms with Crippen molar-refractivity contribution in [3.05, 3.63) is 27.7 Å². The van der Waals surface area contributed by atoms with E-state index < -0.39 is 5.97 Å². The van der Waals surface area contributed by atoms with Gasteiger partial charge in [0.25, 0.3) is 0 Å². The number of hydrogen-bond donors (Lipinski definition) is 1. The van der Waals surface area contributed by atoms with E-state index in [1.54, 1.807) is 0 Å². The lowest BCUT2D eigenvalue weighted by molar-refractivity contribution is 0.0691. The van der Waals surface area contributed by atoms with Crippen molar-refractivity contribution in [2.45, 2.75) is 6.92 Å². The summed E-state index contributed by atoms with van der Waals surface area (Å²) in [6.45, 7) is 1.88. The minimum absolute atomic E-state index is 0.0102. The number of aryl methyl sites for hydroxylation is 1. The summed E-state index contributed by atoms with van der Waals surface area (Å²) < 4.78 is 0.842. The summed E-state index contributed by atoms with van der Waals surface area (Å²) in [6, 6.07) is 1.38. The maximum atomic E-state index is 10.7. The van der Waals surface area contributed by atoms with E-state index in [1.807, 2.05) is 12.3 Å². The minimum atomic E-state index is -1.06. The SMILES string of the molecule is Cc1csc2c(Cl)cc(C(=O)O)nc12. The van der Waals surface area contributed by atoms with Crippen molar-refractivity contribution in [1.82, 2.24) is 4.98 Å². The number of carbonyl (C=O) groups is 1. The Kier molecular flexibility index (Phi) is 2.17. The zero-order valence-corrected chi connectivity index (χ0v) is 8.82. The number of thiophene rings is 1. The van der Waals surface area contributed by atoms with E-state index in [2.05, 4.69) is 4.98 Å². The van der Waals surface area contributed by atoms with Gasteiger partial charge >= 0.3 is 5.97 Å². The Morgan fingerprint density at radius 2 is 2.36 bits per heavy atom. The highest BCUT2D eigenvalue weighted by Gasteiger charge is 2.12. The van der Waals surface area contributed by atoms with Gasteiger partial charge in [-0.2, -0.15) is 0 Å². The molecule has 0 aromatic carbocycles. The molecular formula is C9H6ClNO2S. The summed E-state index contributed by atoms with van der Waals surface area (Å²) in [7, 11) is 0. The van der Waals surface area contributed by atoms with Crippen LogP contribution in [-0.4, -0.2) is 16.1 Å². The maximum Gasteiger partial charge on any atom is 0.354 e. The first-order valence-electron chi connectivity index (χ1n) is 3.87. The average molecular weight is 228 g/mol. The largest absolute Gasteiger partial charge is 0.477 e. The van der Waals surface area contributed by atoms with Crippen molar-refractivity contribution in [3.8, 4) is 0 Å². The van der Waals surface area contributed by atoms with E-state index in [0.29, 0.717) is 10.5 Å². The van der Waals surface area contributed by atoms with Crippen LogP contribution >= 0.6 is 22.9 Å². The van der Waals surface area contributed by atoms with Crippen LogP contribution in [0.1, 0.15) is 16.1 Å². The van der Waals surface area contributed by atoms with Gasteiger partial charge in [-0.05, 0) is 23.9 Å². The lowest BCUT2D eigenvalue weighted by Crippen LogP contribution is -1.99. The quantitative estimate of drug-likeness (QED) is 0.815. The smallest absolute Gasteiger partial charge is 0.354 e. The van der Waals surface area contributed by atoms with Crippen molar-refractivity contribution in [2.24, 2.45) is 0 Å². The summed E-state index contributed by atoms with van der Waals surface area (Å²) in [5, 5.41) is 11.1. The molecule has 0 atom stereocenters. The van der Waals surface area contributed by atoms with E-state index >= 15 is 0 Å². The molecule has 14 heavy (non-hydrogen) atoms. The topological polar surface area (TPSA) is 50.2 Å². The standard InChI is InChI=1S/C9H6ClNO2S/c1-4-3-14-8-5(10)2-6(9(12)13)11-7(4)8/h2-3H,1H3,(H,12,13). The highest BCUT2D eigenvalue weighted by Crippen LogP contribution is 2.30. The van der Waals surface area contributed by atoms with Gasteiger partial charge in [-0.25, -0.2) is 9.78 Å². The lowest BCUT2D eigenvalue weighted by atomic mass is 10.2. The van der Waals surface area contributed by atoms with Gasteiger partial charge in [0, 0.05) is 0 Å². The van der Waals surface area contributed by atoms with E-state index in [9.17, 15) is 4.79 Å². The van der Waals surface area contributed by atoms with Crippen LogP contribution in [0.2, 0.25) is 5.02 Å². The molecule has 5 heteroatoms. The van der Waals surface area contributed by atoms with Crippen LogP contribution in [0.5, 0.6) is 0 Å². The maximum absolute atomic E-state index is 10.7. The van der Waals surface area contributed by atoms with Gasteiger partial charge in [-0.1, -0.05) is 11.6 Å². The highest BCUT2D eigenvalue weighted by molar-refractivity contribution is 7.18. The second-order valence-electron chi connectivity index (χ2n) is 2.89. The fourth-order valence-electron chi connectivity index (χ4n) is 1.19. The first-order chi connectivity index (χ1) is 6.59. The van der Waals surface area contributed by atoms with E-state index in [4.69, 9.17) is 16.7 Å². The number of pyridine rings is 1. The molecule has 0 aliphatic carbocycles. The number of rotatable bonds is 1. The summed E-state index contributed by atoms with van der Waals surface area (Å²) in [6.07, 6.45) is 0. The predicted octanol–water partition coefficient (Wildman–Crippen LogP) is 2.96. The Balaban J connectivity index is 2.82. The first-order valence-corrected chi connectivity index (χ1v) is 5.13. The molecule has 0 fully saturated rings. The van der Waals surface area contributed by atoms with Crippen LogP contribution < -0.4 is 0 Å². The highest BCUT2D eigenvalue weighted by atomic mass is 35.5. The molecule has 0 bridgehead atoms. The molecule has 0 saturated heterocycles. The number of carboxylic acids is 1. The molecule has 0 aliphatic rings. The van der Waals surface area contributed by atoms with E-state index in [1.165, 1.54) is 17.4 Å². The fourth-order valence-corrected chi connectivity index (χ4v) is 2.42. The van der Waals surface area contributed by atoms with Crippen LogP contribution in [0.4, 0.5) is 0 Å². The van der Waals surface area contributed by atoms with Crippen molar-refractivity contribution >= 4 is 39.1 Å². The normalized spacial score (nSPS) is 10.7. The number of hydrogen-bond acceptors (Lipinski definition) is 3. The van der Waals surface area contributed by atoms with Gasteiger partial charge in [0.1, 0.15) is 5.69 Å². The molecule has 0 aliphatic heterocycles. The van der Waals surface area contributed by atoms with E-state index in [-0.39, 0.29) is 5.69 Å². The molecule has 72 valence electrons. The zero-order valence-electron chi connectivity index (χ0n) is 7.24. The van der Waals surface area contributed by atoms with Gasteiger partial charge in [0.05, 0.1) is 15.2 Å². The van der Waals surface area contributed by atoms with E-state index in [0.717, 1.165) is 10.3 Å². The monoisotopic (exact) mass is 227 g/mol. The molecule has 0 radical (unpaired) electrons. The van der Waals surface area contributed by atoms with Crippen LogP contribution in [0.3, 0.4) is 0 Å². The Morgan fingerprint density at radius 3 is 3.00 bits per heavy atom. The first kappa shape index (κ1) is 9.43. The second-order valence-corrected chi connectivity index (χ2v) is 4.18. The van der Waals surface area contributed by atoms with Crippen molar-refractivity contribution in [3.63, 3.8) is 0 Å². The Morgan fingerprint density at radius 1 is 1.64 bits per heavy atom. The molecular weight excluding hydrogens is 222 g/mol. The molecule has 3 nitrogen and oxygen atoms in total. The summed E-state index contributed by atoms with van der Waals surface area (Å²) in [4.78, 5) is 14.7. The Hall–Kier alpha value is -1.13. The van der Waals surface area contributed by atoms with Crippen LogP contribution in [0.15, 0.2) is 11.4 Å². The number of fused-ring (bicyclic) bond motifs is 1. The second kappa shape index (κ2) is 3.22. The molecule has 0 unspecified atom stereocenters. The van der Waals surface area contributed by atoms with Crippen LogP contribution in [0, 0.1) is 6.92 Å².